The highest BCUT2D eigenvalue weighted by Crippen LogP contribution is 2.36. The van der Waals surface area contributed by atoms with Crippen molar-refractivity contribution in [2.45, 2.75) is 20.3 Å². The van der Waals surface area contributed by atoms with Crippen LogP contribution in [0.4, 0.5) is 0 Å². The summed E-state index contributed by atoms with van der Waals surface area (Å²) in [7, 11) is 0. The van der Waals surface area contributed by atoms with Gasteiger partial charge < -0.3 is 10.2 Å². The van der Waals surface area contributed by atoms with Crippen LogP contribution in [0.25, 0.3) is 0 Å². The zero-order chi connectivity index (χ0) is 11.6. The van der Waals surface area contributed by atoms with Crippen molar-refractivity contribution in [2.75, 3.05) is 0 Å². The third-order valence-electron chi connectivity index (χ3n) is 2.40. The van der Waals surface area contributed by atoms with Gasteiger partial charge in [-0.15, -0.1) is 0 Å². The maximum atomic E-state index is 11.0. The van der Waals surface area contributed by atoms with E-state index in [1.165, 1.54) is 13.0 Å². The smallest absolute Gasteiger partial charge is 0.141 e. The van der Waals surface area contributed by atoms with Gasteiger partial charge in [0.2, 0.25) is 0 Å². The molecule has 0 aromatic heterocycles. The molecule has 1 aromatic rings. The Kier molecular flexibility index (Phi) is 3.58. The van der Waals surface area contributed by atoms with E-state index in [2.05, 4.69) is 0 Å². The number of phenols is 2. The van der Waals surface area contributed by atoms with Gasteiger partial charge in [0.1, 0.15) is 22.3 Å². The summed E-state index contributed by atoms with van der Waals surface area (Å²) in [6.45, 7) is 3.28. The third kappa shape index (κ3) is 2.63. The largest absolute Gasteiger partial charge is 0.506 e. The first-order chi connectivity index (χ1) is 6.93. The van der Waals surface area contributed by atoms with E-state index in [1.54, 1.807) is 13.0 Å². The van der Waals surface area contributed by atoms with Crippen LogP contribution in [0.15, 0.2) is 12.1 Å². The fourth-order valence-corrected chi connectivity index (χ4v) is 1.42. The summed E-state index contributed by atoms with van der Waals surface area (Å²) in [6.07, 6.45) is 0.418. The van der Waals surface area contributed by atoms with Gasteiger partial charge in [0.25, 0.3) is 0 Å². The number of phenolic OH excluding ortho intramolecular Hbond substituents is 2. The zero-order valence-electron chi connectivity index (χ0n) is 8.62. The molecule has 4 heteroatoms. The highest BCUT2D eigenvalue weighted by Gasteiger charge is 2.14. The van der Waals surface area contributed by atoms with E-state index in [0.717, 1.165) is 0 Å². The highest BCUT2D eigenvalue weighted by atomic mass is 35.5. The van der Waals surface area contributed by atoms with Crippen LogP contribution in [0.1, 0.15) is 19.4 Å². The molecule has 3 nitrogen and oxygen atoms in total. The second kappa shape index (κ2) is 4.53. The third-order valence-corrected chi connectivity index (χ3v) is 2.77. The Morgan fingerprint density at radius 2 is 2.07 bits per heavy atom. The van der Waals surface area contributed by atoms with E-state index >= 15 is 0 Å². The van der Waals surface area contributed by atoms with Crippen LogP contribution in [-0.2, 0) is 11.2 Å². The standard InChI is InChI=1S/C11H13ClO3/c1-6(7(2)13)5-8-3-4-9(14)10(12)11(8)15/h3-4,6,14-15H,5H2,1-2H3. The second-order valence-electron chi connectivity index (χ2n) is 3.62. The van der Waals surface area contributed by atoms with Crippen molar-refractivity contribution in [3.05, 3.63) is 22.7 Å². The molecule has 0 aliphatic carbocycles. The molecule has 82 valence electrons. The number of rotatable bonds is 3. The molecule has 2 N–H and O–H groups in total. The summed E-state index contributed by atoms with van der Waals surface area (Å²) in [5.41, 5.74) is 0.570. The van der Waals surface area contributed by atoms with Crippen molar-refractivity contribution in [3.63, 3.8) is 0 Å². The number of Topliss-reactive ketones (excluding diaryl/α,β-unsaturated/α-hetero) is 1. The Bertz CT molecular complexity index is 388. The number of benzene rings is 1. The predicted octanol–water partition coefficient (Wildman–Crippen LogP) is 2.52. The fourth-order valence-electron chi connectivity index (χ4n) is 1.23. The summed E-state index contributed by atoms with van der Waals surface area (Å²) in [4.78, 5) is 11.0. The van der Waals surface area contributed by atoms with Gasteiger partial charge in [-0.05, 0) is 25.0 Å². The van der Waals surface area contributed by atoms with Crippen molar-refractivity contribution < 1.29 is 15.0 Å². The molecule has 0 saturated carbocycles. The van der Waals surface area contributed by atoms with E-state index in [0.29, 0.717) is 12.0 Å². The maximum absolute atomic E-state index is 11.0. The molecule has 1 unspecified atom stereocenters. The van der Waals surface area contributed by atoms with Gasteiger partial charge >= 0.3 is 0 Å². The van der Waals surface area contributed by atoms with Crippen molar-refractivity contribution in [3.8, 4) is 11.5 Å². The van der Waals surface area contributed by atoms with Gasteiger partial charge in [0.15, 0.2) is 0 Å². The molecule has 1 rings (SSSR count). The maximum Gasteiger partial charge on any atom is 0.141 e. The van der Waals surface area contributed by atoms with Crippen molar-refractivity contribution >= 4 is 17.4 Å². The Morgan fingerprint density at radius 3 is 2.60 bits per heavy atom. The normalized spacial score (nSPS) is 12.5. The van der Waals surface area contributed by atoms with Gasteiger partial charge in [-0.3, -0.25) is 4.79 Å². The van der Waals surface area contributed by atoms with Gasteiger partial charge in [0, 0.05) is 5.92 Å². The molecule has 1 atom stereocenters. The average Bonchev–Trinajstić information content (AvgIpc) is 2.18. The number of carbonyl (C=O) groups excluding carboxylic acids is 1. The lowest BCUT2D eigenvalue weighted by atomic mass is 9.97. The monoisotopic (exact) mass is 228 g/mol. The van der Waals surface area contributed by atoms with E-state index in [9.17, 15) is 15.0 Å². The lowest BCUT2D eigenvalue weighted by Crippen LogP contribution is -2.09. The van der Waals surface area contributed by atoms with Crippen molar-refractivity contribution in [1.82, 2.24) is 0 Å². The summed E-state index contributed by atoms with van der Waals surface area (Å²) < 4.78 is 0. The molecule has 0 fully saturated rings. The van der Waals surface area contributed by atoms with Gasteiger partial charge in [-0.1, -0.05) is 24.6 Å². The summed E-state index contributed by atoms with van der Waals surface area (Å²) in [6, 6.07) is 2.97. The Morgan fingerprint density at radius 1 is 1.47 bits per heavy atom. The molecule has 0 amide bonds. The summed E-state index contributed by atoms with van der Waals surface area (Å²) in [5.74, 6) is -0.423. The number of halogens is 1. The van der Waals surface area contributed by atoms with Gasteiger partial charge in [-0.25, -0.2) is 0 Å². The Labute approximate surface area is 93.3 Å². The summed E-state index contributed by atoms with van der Waals surface area (Å²) >= 11 is 5.66. The molecule has 0 aliphatic rings. The van der Waals surface area contributed by atoms with Gasteiger partial charge in [-0.2, -0.15) is 0 Å². The van der Waals surface area contributed by atoms with Crippen LogP contribution >= 0.6 is 11.6 Å². The molecule has 0 heterocycles. The summed E-state index contributed by atoms with van der Waals surface area (Å²) in [5, 5.41) is 18.7. The molecule has 0 aliphatic heterocycles. The zero-order valence-corrected chi connectivity index (χ0v) is 9.38. The highest BCUT2D eigenvalue weighted by molar-refractivity contribution is 6.33. The van der Waals surface area contributed by atoms with E-state index in [4.69, 9.17) is 11.6 Å². The van der Waals surface area contributed by atoms with Crippen LogP contribution in [0.3, 0.4) is 0 Å². The fraction of sp³-hybridized carbons (Fsp3) is 0.364. The second-order valence-corrected chi connectivity index (χ2v) is 4.00. The molecule has 0 bridgehead atoms. The minimum atomic E-state index is -0.170. The number of hydrogen-bond donors (Lipinski definition) is 2. The van der Waals surface area contributed by atoms with Crippen LogP contribution in [0, 0.1) is 5.92 Å². The topological polar surface area (TPSA) is 57.5 Å². The van der Waals surface area contributed by atoms with E-state index in [1.807, 2.05) is 0 Å². The lowest BCUT2D eigenvalue weighted by molar-refractivity contribution is -0.120. The van der Waals surface area contributed by atoms with Crippen LogP contribution < -0.4 is 0 Å². The lowest BCUT2D eigenvalue weighted by Gasteiger charge is -2.10. The number of hydrogen-bond acceptors (Lipinski definition) is 3. The predicted molar refractivity (Wildman–Crippen MR) is 58.3 cm³/mol. The molecule has 15 heavy (non-hydrogen) atoms. The number of aromatic hydroxyl groups is 2. The molecular formula is C11H13ClO3. The molecule has 1 aromatic carbocycles. The SMILES string of the molecule is CC(=O)C(C)Cc1ccc(O)c(Cl)c1O. The molecular weight excluding hydrogens is 216 g/mol. The molecule has 0 spiro atoms. The quantitative estimate of drug-likeness (QED) is 0.836. The first kappa shape index (κ1) is 11.9. The molecule has 0 radical (unpaired) electrons. The Hall–Kier alpha value is -1.22. The Balaban J connectivity index is 2.97. The van der Waals surface area contributed by atoms with Crippen molar-refractivity contribution in [2.24, 2.45) is 5.92 Å². The van der Waals surface area contributed by atoms with Crippen LogP contribution in [-0.4, -0.2) is 16.0 Å². The van der Waals surface area contributed by atoms with E-state index in [-0.39, 0.29) is 28.2 Å². The first-order valence-electron chi connectivity index (χ1n) is 4.63. The van der Waals surface area contributed by atoms with Gasteiger partial charge in [0.05, 0.1) is 0 Å². The first-order valence-corrected chi connectivity index (χ1v) is 5.01. The minimum Gasteiger partial charge on any atom is -0.506 e. The van der Waals surface area contributed by atoms with Crippen LogP contribution in [0.5, 0.6) is 11.5 Å². The average molecular weight is 229 g/mol. The minimum absolute atomic E-state index is 0.0543. The van der Waals surface area contributed by atoms with E-state index < -0.39 is 0 Å². The number of ketones is 1. The molecule has 0 saturated heterocycles. The van der Waals surface area contributed by atoms with Crippen molar-refractivity contribution in [1.29, 1.82) is 0 Å². The number of carbonyl (C=O) groups is 1. The van der Waals surface area contributed by atoms with Crippen LogP contribution in [0.2, 0.25) is 5.02 Å².